The van der Waals surface area contributed by atoms with Crippen LogP contribution < -0.4 is 11.2 Å². The first kappa shape index (κ1) is 23.1. The molecule has 0 amide bonds. The Labute approximate surface area is 198 Å². The summed E-state index contributed by atoms with van der Waals surface area (Å²) in [4.78, 5) is 0. The third kappa shape index (κ3) is 4.82. The second kappa shape index (κ2) is 9.05. The van der Waals surface area contributed by atoms with Crippen molar-refractivity contribution in [2.75, 3.05) is 0 Å². The van der Waals surface area contributed by atoms with Gasteiger partial charge in [0.05, 0.1) is 11.2 Å². The van der Waals surface area contributed by atoms with Crippen molar-refractivity contribution in [3.8, 4) is 22.3 Å². The van der Waals surface area contributed by atoms with E-state index in [0.29, 0.717) is 0 Å². The second-order valence-electron chi connectivity index (χ2n) is 9.52. The quantitative estimate of drug-likeness (QED) is 0.382. The summed E-state index contributed by atoms with van der Waals surface area (Å²) in [5.41, 5.74) is 12.9. The van der Waals surface area contributed by atoms with Gasteiger partial charge >= 0.3 is 7.12 Å². The van der Waals surface area contributed by atoms with E-state index in [1.54, 1.807) is 0 Å². The monoisotopic (exact) mass is 437 g/mol. The maximum atomic E-state index is 6.23. The first-order valence-electron chi connectivity index (χ1n) is 11.5. The van der Waals surface area contributed by atoms with Crippen LogP contribution >= 0.6 is 0 Å². The van der Waals surface area contributed by atoms with Gasteiger partial charge < -0.3 is 15.0 Å². The molecule has 3 nitrogen and oxygen atoms in total. The van der Waals surface area contributed by atoms with E-state index in [2.05, 4.69) is 88.4 Å². The fourth-order valence-corrected chi connectivity index (χ4v) is 3.87. The van der Waals surface area contributed by atoms with Crippen LogP contribution in [0.3, 0.4) is 0 Å². The summed E-state index contributed by atoms with van der Waals surface area (Å²) in [5.74, 6) is 0. The van der Waals surface area contributed by atoms with Crippen molar-refractivity contribution in [2.24, 2.45) is 5.73 Å². The maximum Gasteiger partial charge on any atom is 0.494 e. The molecular formula is C29H32BNO2. The lowest BCUT2D eigenvalue weighted by atomic mass is 9.78. The summed E-state index contributed by atoms with van der Waals surface area (Å²) in [6.07, 6.45) is 5.85. The van der Waals surface area contributed by atoms with Gasteiger partial charge in [-0.15, -0.1) is 0 Å². The maximum absolute atomic E-state index is 6.23. The van der Waals surface area contributed by atoms with Gasteiger partial charge in [0.25, 0.3) is 0 Å². The van der Waals surface area contributed by atoms with Crippen molar-refractivity contribution in [1.29, 1.82) is 0 Å². The molecule has 4 heteroatoms. The first-order valence-corrected chi connectivity index (χ1v) is 11.5. The topological polar surface area (TPSA) is 44.5 Å². The lowest BCUT2D eigenvalue weighted by Crippen LogP contribution is -2.41. The van der Waals surface area contributed by atoms with Crippen LogP contribution in [0.5, 0.6) is 0 Å². The predicted octanol–water partition coefficient (Wildman–Crippen LogP) is 6.20. The molecule has 33 heavy (non-hydrogen) atoms. The first-order chi connectivity index (χ1) is 15.7. The van der Waals surface area contributed by atoms with Gasteiger partial charge in [0, 0.05) is 5.70 Å². The van der Waals surface area contributed by atoms with Crippen molar-refractivity contribution in [1.82, 2.24) is 0 Å². The molecule has 4 rings (SSSR count). The summed E-state index contributed by atoms with van der Waals surface area (Å²) in [6.45, 7) is 10.3. The van der Waals surface area contributed by atoms with E-state index in [0.717, 1.165) is 39.0 Å². The Morgan fingerprint density at radius 2 is 1.30 bits per heavy atom. The van der Waals surface area contributed by atoms with E-state index in [1.165, 1.54) is 0 Å². The minimum absolute atomic E-state index is 0.352. The highest BCUT2D eigenvalue weighted by molar-refractivity contribution is 6.62. The highest BCUT2D eigenvalue weighted by Crippen LogP contribution is 2.36. The smallest absolute Gasteiger partial charge is 0.399 e. The Bertz CT molecular complexity index is 1180. The molecule has 0 bridgehead atoms. The zero-order valence-electron chi connectivity index (χ0n) is 20.1. The molecule has 1 fully saturated rings. The Kier molecular flexibility index (Phi) is 6.33. The molecule has 0 aromatic heterocycles. The Morgan fingerprint density at radius 3 is 1.88 bits per heavy atom. The van der Waals surface area contributed by atoms with E-state index in [-0.39, 0.29) is 18.3 Å². The van der Waals surface area contributed by atoms with Gasteiger partial charge in [-0.05, 0) is 80.0 Å². The van der Waals surface area contributed by atoms with Gasteiger partial charge in [0.15, 0.2) is 0 Å². The third-order valence-electron chi connectivity index (χ3n) is 6.63. The van der Waals surface area contributed by atoms with Gasteiger partial charge in [-0.3, -0.25) is 0 Å². The molecule has 0 aliphatic carbocycles. The van der Waals surface area contributed by atoms with Crippen LogP contribution in [0, 0.1) is 0 Å². The molecule has 0 unspecified atom stereocenters. The largest absolute Gasteiger partial charge is 0.494 e. The molecule has 168 valence electrons. The van der Waals surface area contributed by atoms with Gasteiger partial charge in [-0.25, -0.2) is 0 Å². The molecule has 3 aromatic carbocycles. The average molecular weight is 437 g/mol. The predicted molar refractivity (Wildman–Crippen MR) is 140 cm³/mol. The van der Waals surface area contributed by atoms with Crippen LogP contribution in [-0.2, 0) is 9.31 Å². The number of hydrogen-bond acceptors (Lipinski definition) is 3. The van der Waals surface area contributed by atoms with E-state index < -0.39 is 0 Å². The van der Waals surface area contributed by atoms with E-state index in [9.17, 15) is 0 Å². The zero-order chi connectivity index (χ0) is 23.6. The number of hydrogen-bond donors (Lipinski definition) is 1. The van der Waals surface area contributed by atoms with Crippen LogP contribution in [0.15, 0.2) is 91.0 Å². The molecule has 0 spiro atoms. The van der Waals surface area contributed by atoms with Crippen molar-refractivity contribution in [3.63, 3.8) is 0 Å². The highest BCUT2D eigenvalue weighted by atomic mass is 16.7. The summed E-state index contributed by atoms with van der Waals surface area (Å²) in [6, 6.07) is 25.4. The van der Waals surface area contributed by atoms with Crippen molar-refractivity contribution < 1.29 is 9.31 Å². The highest BCUT2D eigenvalue weighted by Gasteiger charge is 2.51. The molecule has 1 heterocycles. The summed E-state index contributed by atoms with van der Waals surface area (Å²) < 4.78 is 12.5. The van der Waals surface area contributed by atoms with Crippen LogP contribution in [0.4, 0.5) is 0 Å². The molecule has 2 N–H and O–H groups in total. The van der Waals surface area contributed by atoms with Crippen molar-refractivity contribution in [2.45, 2.75) is 45.8 Å². The van der Waals surface area contributed by atoms with Crippen LogP contribution in [0.2, 0.25) is 0 Å². The SMILES string of the molecule is C/C=C\C=C(/N)c1cccc(-c2ccc(-c3cccc(B4OC(C)(C)C(C)(C)O4)c3)cc2)c1. The minimum atomic E-state index is -0.363. The van der Waals surface area contributed by atoms with Gasteiger partial charge in [-0.1, -0.05) is 78.9 Å². The molecule has 1 aliphatic rings. The lowest BCUT2D eigenvalue weighted by Gasteiger charge is -2.32. The lowest BCUT2D eigenvalue weighted by molar-refractivity contribution is 0.00578. The van der Waals surface area contributed by atoms with Crippen LogP contribution in [0.1, 0.15) is 40.2 Å². The molecule has 1 aliphatic heterocycles. The Morgan fingerprint density at radius 1 is 0.758 bits per heavy atom. The van der Waals surface area contributed by atoms with E-state index in [1.807, 2.05) is 37.3 Å². The van der Waals surface area contributed by atoms with Gasteiger partial charge in [-0.2, -0.15) is 0 Å². The van der Waals surface area contributed by atoms with Crippen LogP contribution in [0.25, 0.3) is 28.0 Å². The molecule has 0 atom stereocenters. The van der Waals surface area contributed by atoms with Gasteiger partial charge in [0.2, 0.25) is 0 Å². The Hall–Kier alpha value is -3.08. The summed E-state index contributed by atoms with van der Waals surface area (Å²) in [7, 11) is -0.363. The average Bonchev–Trinajstić information content (AvgIpc) is 3.04. The second-order valence-corrected chi connectivity index (χ2v) is 9.52. The van der Waals surface area contributed by atoms with Crippen molar-refractivity contribution in [3.05, 3.63) is 96.6 Å². The zero-order valence-corrected chi connectivity index (χ0v) is 20.1. The van der Waals surface area contributed by atoms with Crippen LogP contribution in [-0.4, -0.2) is 18.3 Å². The standard InChI is InChI=1S/C29H32BNO2/c1-6-7-14-27(31)25-12-8-10-23(19-25)21-15-17-22(18-16-21)24-11-9-13-26(20-24)30-32-28(2,3)29(4,5)33-30/h6-20H,31H2,1-5H3/b7-6-,27-14-. The van der Waals surface area contributed by atoms with E-state index in [4.69, 9.17) is 15.0 Å². The normalized spacial score (nSPS) is 17.6. The number of allylic oxidation sites excluding steroid dienone is 3. The van der Waals surface area contributed by atoms with Gasteiger partial charge in [0.1, 0.15) is 0 Å². The Balaban J connectivity index is 1.57. The number of benzene rings is 3. The van der Waals surface area contributed by atoms with E-state index >= 15 is 0 Å². The summed E-state index contributed by atoms with van der Waals surface area (Å²) >= 11 is 0. The third-order valence-corrected chi connectivity index (χ3v) is 6.63. The molecule has 0 saturated carbocycles. The minimum Gasteiger partial charge on any atom is -0.399 e. The number of nitrogens with two attached hydrogens (primary N) is 1. The molecular weight excluding hydrogens is 405 g/mol. The van der Waals surface area contributed by atoms with Crippen molar-refractivity contribution >= 4 is 18.3 Å². The number of rotatable bonds is 5. The molecule has 0 radical (unpaired) electrons. The summed E-state index contributed by atoms with van der Waals surface area (Å²) in [5, 5.41) is 0. The molecule has 3 aromatic rings. The fraction of sp³-hybridized carbons (Fsp3) is 0.241. The fourth-order valence-electron chi connectivity index (χ4n) is 3.87. The molecule has 1 saturated heterocycles.